The molecular weight excluding hydrogens is 180 g/mol. The summed E-state index contributed by atoms with van der Waals surface area (Å²) in [6.07, 6.45) is 6.01. The molecule has 0 amide bonds. The van der Waals surface area contributed by atoms with E-state index < -0.39 is 0 Å². The van der Waals surface area contributed by atoms with Crippen LogP contribution in [0.2, 0.25) is 0 Å². The third kappa shape index (κ3) is 2.29. The van der Waals surface area contributed by atoms with Crippen LogP contribution >= 0.6 is 11.3 Å². The molecule has 0 unspecified atom stereocenters. The van der Waals surface area contributed by atoms with Gasteiger partial charge in [0.1, 0.15) is 5.01 Å². The minimum absolute atomic E-state index is 0.650. The molecule has 3 heteroatoms. The van der Waals surface area contributed by atoms with Crippen LogP contribution in [0.1, 0.15) is 31.2 Å². The Balaban J connectivity index is 1.70. The van der Waals surface area contributed by atoms with E-state index in [1.165, 1.54) is 30.8 Å². The Morgan fingerprint density at radius 1 is 1.62 bits per heavy atom. The first-order valence-corrected chi connectivity index (χ1v) is 5.82. The molecule has 13 heavy (non-hydrogen) atoms. The standard InChI is InChI=1S/C10H16N2S/c1-2-10(3-4-10)8-11-7-9-12-5-6-13-9/h5-6,11H,2-4,7-8H2,1H3. The molecule has 0 saturated heterocycles. The zero-order valence-corrected chi connectivity index (χ0v) is 8.86. The van der Waals surface area contributed by atoms with Gasteiger partial charge in [-0.3, -0.25) is 0 Å². The number of hydrogen-bond acceptors (Lipinski definition) is 3. The Hall–Kier alpha value is -0.410. The van der Waals surface area contributed by atoms with E-state index in [0.29, 0.717) is 5.41 Å². The SMILES string of the molecule is CCC1(CNCc2nccs2)CC1. The molecule has 0 radical (unpaired) electrons. The monoisotopic (exact) mass is 196 g/mol. The van der Waals surface area contributed by atoms with Gasteiger partial charge >= 0.3 is 0 Å². The molecule has 1 aromatic rings. The summed E-state index contributed by atoms with van der Waals surface area (Å²) >= 11 is 1.73. The number of thiazole rings is 1. The van der Waals surface area contributed by atoms with Crippen molar-refractivity contribution in [2.75, 3.05) is 6.54 Å². The molecule has 0 aliphatic heterocycles. The molecule has 0 bridgehead atoms. The predicted octanol–water partition coefficient (Wildman–Crippen LogP) is 2.42. The fourth-order valence-corrected chi connectivity index (χ4v) is 2.19. The van der Waals surface area contributed by atoms with E-state index in [-0.39, 0.29) is 0 Å². The molecule has 1 heterocycles. The van der Waals surface area contributed by atoms with E-state index in [0.717, 1.165) is 6.54 Å². The molecule has 0 spiro atoms. The average Bonchev–Trinajstić information content (AvgIpc) is 2.74. The third-order valence-electron chi connectivity index (χ3n) is 2.97. The number of nitrogens with zero attached hydrogens (tertiary/aromatic N) is 1. The van der Waals surface area contributed by atoms with Gasteiger partial charge in [-0.05, 0) is 24.7 Å². The maximum absolute atomic E-state index is 4.24. The van der Waals surface area contributed by atoms with Crippen LogP contribution in [-0.4, -0.2) is 11.5 Å². The number of nitrogens with one attached hydrogen (secondary N) is 1. The molecule has 1 saturated carbocycles. The van der Waals surface area contributed by atoms with Gasteiger partial charge in [0, 0.05) is 24.7 Å². The van der Waals surface area contributed by atoms with Gasteiger partial charge in [0.25, 0.3) is 0 Å². The molecule has 0 aromatic carbocycles. The minimum atomic E-state index is 0.650. The molecule has 1 aliphatic carbocycles. The van der Waals surface area contributed by atoms with Gasteiger partial charge in [-0.25, -0.2) is 4.98 Å². The molecule has 2 nitrogen and oxygen atoms in total. The van der Waals surface area contributed by atoms with Crippen LogP contribution in [0, 0.1) is 5.41 Å². The van der Waals surface area contributed by atoms with Crippen molar-refractivity contribution in [1.82, 2.24) is 10.3 Å². The molecule has 0 atom stereocenters. The van der Waals surface area contributed by atoms with Gasteiger partial charge in [0.2, 0.25) is 0 Å². The van der Waals surface area contributed by atoms with Crippen molar-refractivity contribution in [3.63, 3.8) is 0 Å². The van der Waals surface area contributed by atoms with Gasteiger partial charge in [-0.15, -0.1) is 11.3 Å². The maximum atomic E-state index is 4.24. The van der Waals surface area contributed by atoms with Crippen LogP contribution < -0.4 is 5.32 Å². The summed E-state index contributed by atoms with van der Waals surface area (Å²) in [7, 11) is 0. The minimum Gasteiger partial charge on any atom is -0.310 e. The summed E-state index contributed by atoms with van der Waals surface area (Å²) in [4.78, 5) is 4.24. The number of aromatic nitrogens is 1. The zero-order valence-electron chi connectivity index (χ0n) is 8.05. The van der Waals surface area contributed by atoms with E-state index in [2.05, 4.69) is 17.2 Å². The fraction of sp³-hybridized carbons (Fsp3) is 0.700. The molecule has 1 aromatic heterocycles. The highest BCUT2D eigenvalue weighted by molar-refractivity contribution is 7.09. The molecule has 1 fully saturated rings. The number of rotatable bonds is 5. The Kier molecular flexibility index (Phi) is 2.65. The van der Waals surface area contributed by atoms with E-state index in [1.807, 2.05) is 11.6 Å². The lowest BCUT2D eigenvalue weighted by Gasteiger charge is -2.11. The second kappa shape index (κ2) is 3.76. The second-order valence-electron chi connectivity index (χ2n) is 3.88. The highest BCUT2D eigenvalue weighted by Crippen LogP contribution is 2.47. The van der Waals surface area contributed by atoms with Gasteiger partial charge in [0.05, 0.1) is 0 Å². The molecule has 1 N–H and O–H groups in total. The van der Waals surface area contributed by atoms with Crippen LogP contribution in [0.25, 0.3) is 0 Å². The van der Waals surface area contributed by atoms with Crippen molar-refractivity contribution in [2.45, 2.75) is 32.7 Å². The summed E-state index contributed by atoms with van der Waals surface area (Å²) < 4.78 is 0. The van der Waals surface area contributed by atoms with Crippen molar-refractivity contribution in [1.29, 1.82) is 0 Å². The lowest BCUT2D eigenvalue weighted by molar-refractivity contribution is 0.443. The van der Waals surface area contributed by atoms with Crippen molar-refractivity contribution >= 4 is 11.3 Å². The highest BCUT2D eigenvalue weighted by atomic mass is 32.1. The van der Waals surface area contributed by atoms with Crippen LogP contribution in [-0.2, 0) is 6.54 Å². The third-order valence-corrected chi connectivity index (χ3v) is 3.75. The first-order valence-electron chi connectivity index (χ1n) is 4.94. The first kappa shape index (κ1) is 9.16. The van der Waals surface area contributed by atoms with Crippen LogP contribution in [0.15, 0.2) is 11.6 Å². The van der Waals surface area contributed by atoms with E-state index in [1.54, 1.807) is 11.3 Å². The van der Waals surface area contributed by atoms with E-state index in [9.17, 15) is 0 Å². The van der Waals surface area contributed by atoms with E-state index in [4.69, 9.17) is 0 Å². The Morgan fingerprint density at radius 3 is 3.00 bits per heavy atom. The van der Waals surface area contributed by atoms with Crippen molar-refractivity contribution < 1.29 is 0 Å². The summed E-state index contributed by atoms with van der Waals surface area (Å²) in [5.41, 5.74) is 0.650. The second-order valence-corrected chi connectivity index (χ2v) is 4.86. The largest absolute Gasteiger partial charge is 0.310 e. The topological polar surface area (TPSA) is 24.9 Å². The summed E-state index contributed by atoms with van der Waals surface area (Å²) in [5.74, 6) is 0. The normalized spacial score (nSPS) is 18.8. The molecule has 2 rings (SSSR count). The summed E-state index contributed by atoms with van der Waals surface area (Å²) in [6, 6.07) is 0. The lowest BCUT2D eigenvalue weighted by Crippen LogP contribution is -2.22. The molecule has 1 aliphatic rings. The van der Waals surface area contributed by atoms with Crippen LogP contribution in [0.3, 0.4) is 0 Å². The van der Waals surface area contributed by atoms with E-state index >= 15 is 0 Å². The summed E-state index contributed by atoms with van der Waals surface area (Å²) in [5, 5.41) is 6.72. The van der Waals surface area contributed by atoms with Crippen LogP contribution in [0.5, 0.6) is 0 Å². The molecule has 72 valence electrons. The maximum Gasteiger partial charge on any atom is 0.106 e. The van der Waals surface area contributed by atoms with Gasteiger partial charge < -0.3 is 5.32 Å². The van der Waals surface area contributed by atoms with Crippen molar-refractivity contribution in [3.8, 4) is 0 Å². The first-order chi connectivity index (χ1) is 6.35. The zero-order chi connectivity index (χ0) is 9.15. The fourth-order valence-electron chi connectivity index (χ4n) is 1.61. The highest BCUT2D eigenvalue weighted by Gasteiger charge is 2.39. The van der Waals surface area contributed by atoms with Crippen molar-refractivity contribution in [3.05, 3.63) is 16.6 Å². The average molecular weight is 196 g/mol. The molecular formula is C10H16N2S. The van der Waals surface area contributed by atoms with Crippen molar-refractivity contribution in [2.24, 2.45) is 5.41 Å². The lowest BCUT2D eigenvalue weighted by atomic mass is 10.0. The van der Waals surface area contributed by atoms with Crippen LogP contribution in [0.4, 0.5) is 0 Å². The predicted molar refractivity (Wildman–Crippen MR) is 55.8 cm³/mol. The van der Waals surface area contributed by atoms with Gasteiger partial charge in [-0.2, -0.15) is 0 Å². The summed E-state index contributed by atoms with van der Waals surface area (Å²) in [6.45, 7) is 4.40. The Bertz CT molecular complexity index is 252. The quantitative estimate of drug-likeness (QED) is 0.782. The Labute approximate surface area is 83.4 Å². The van der Waals surface area contributed by atoms with Gasteiger partial charge in [0.15, 0.2) is 0 Å². The Morgan fingerprint density at radius 2 is 2.46 bits per heavy atom. The smallest absolute Gasteiger partial charge is 0.106 e. The van der Waals surface area contributed by atoms with Gasteiger partial charge in [-0.1, -0.05) is 6.92 Å². The number of hydrogen-bond donors (Lipinski definition) is 1.